The molecule has 0 bridgehead atoms. The molecule has 9 heteroatoms. The van der Waals surface area contributed by atoms with Gasteiger partial charge in [0.2, 0.25) is 11.6 Å². The van der Waals surface area contributed by atoms with Crippen molar-refractivity contribution in [2.75, 3.05) is 7.05 Å². The predicted molar refractivity (Wildman–Crippen MR) is 123 cm³/mol. The number of carbonyl (C=O) groups is 2. The van der Waals surface area contributed by atoms with Gasteiger partial charge in [0.25, 0.3) is 5.56 Å². The minimum Gasteiger partial charge on any atom is -0.475 e. The summed E-state index contributed by atoms with van der Waals surface area (Å²) in [5.74, 6) is -1.80. The van der Waals surface area contributed by atoms with E-state index in [-0.39, 0.29) is 11.6 Å². The Bertz CT molecular complexity index is 1430. The van der Waals surface area contributed by atoms with Gasteiger partial charge in [-0.1, -0.05) is 18.7 Å². The minimum absolute atomic E-state index is 0.137. The second-order valence-electron chi connectivity index (χ2n) is 7.77. The van der Waals surface area contributed by atoms with Gasteiger partial charge >= 0.3 is 5.97 Å². The van der Waals surface area contributed by atoms with Crippen LogP contribution in [-0.4, -0.2) is 33.5 Å². The SMILES string of the molecule is C=C1C(=O)C(NC)=C1NCc1cc(C[NH3+])cc(-n2c(C(=O)O)nc3cccc(C)c3c2=O)c1. The number of carboxylic acids is 1. The average Bonchev–Trinajstić information content (AvgIpc) is 2.80. The number of aromatic carboxylic acids is 1. The lowest BCUT2D eigenvalue weighted by Gasteiger charge is -2.25. The molecule has 33 heavy (non-hydrogen) atoms. The van der Waals surface area contributed by atoms with Crippen LogP contribution < -0.4 is 21.9 Å². The van der Waals surface area contributed by atoms with E-state index in [4.69, 9.17) is 0 Å². The van der Waals surface area contributed by atoms with Crippen LogP contribution in [0.1, 0.15) is 27.3 Å². The zero-order valence-corrected chi connectivity index (χ0v) is 18.4. The van der Waals surface area contributed by atoms with Crippen LogP contribution in [0.4, 0.5) is 0 Å². The van der Waals surface area contributed by atoms with Crippen LogP contribution >= 0.6 is 0 Å². The number of hydrogen-bond acceptors (Lipinski definition) is 6. The number of fused-ring (bicyclic) bond motifs is 1. The van der Waals surface area contributed by atoms with Crippen molar-refractivity contribution >= 4 is 22.7 Å². The molecule has 9 nitrogen and oxygen atoms in total. The van der Waals surface area contributed by atoms with Gasteiger partial charge in [0, 0.05) is 24.7 Å². The van der Waals surface area contributed by atoms with Crippen LogP contribution in [-0.2, 0) is 17.9 Å². The summed E-state index contributed by atoms with van der Waals surface area (Å²) < 4.78 is 1.13. The number of nitrogens with one attached hydrogen (secondary N) is 2. The number of aromatic nitrogens is 2. The number of aryl methyl sites for hydroxylation is 1. The number of rotatable bonds is 7. The second-order valence-corrected chi connectivity index (χ2v) is 7.77. The van der Waals surface area contributed by atoms with Crippen molar-refractivity contribution in [1.29, 1.82) is 0 Å². The molecule has 0 saturated heterocycles. The number of quaternary nitrogens is 1. The zero-order chi connectivity index (χ0) is 23.9. The van der Waals surface area contributed by atoms with Gasteiger partial charge in [-0.3, -0.25) is 14.2 Å². The zero-order valence-electron chi connectivity index (χ0n) is 18.4. The molecule has 1 aliphatic rings. The summed E-state index contributed by atoms with van der Waals surface area (Å²) in [7, 11) is 1.66. The van der Waals surface area contributed by atoms with Crippen molar-refractivity contribution in [2.45, 2.75) is 20.0 Å². The highest BCUT2D eigenvalue weighted by molar-refractivity contribution is 6.18. The van der Waals surface area contributed by atoms with E-state index in [1.807, 2.05) is 6.07 Å². The molecule has 0 atom stereocenters. The van der Waals surface area contributed by atoms with Crippen LogP contribution in [0.2, 0.25) is 0 Å². The van der Waals surface area contributed by atoms with Gasteiger partial charge in [-0.2, -0.15) is 0 Å². The second kappa shape index (κ2) is 8.36. The molecule has 1 aromatic heterocycles. The molecule has 0 fully saturated rings. The fourth-order valence-electron chi connectivity index (χ4n) is 3.99. The van der Waals surface area contributed by atoms with Crippen LogP contribution in [0.25, 0.3) is 16.6 Å². The van der Waals surface area contributed by atoms with E-state index >= 15 is 0 Å². The predicted octanol–water partition coefficient (Wildman–Crippen LogP) is 0.794. The topological polar surface area (TPSA) is 141 Å². The normalized spacial score (nSPS) is 13.3. The van der Waals surface area contributed by atoms with Crippen molar-refractivity contribution < 1.29 is 20.4 Å². The average molecular weight is 446 g/mol. The number of benzene rings is 2. The third kappa shape index (κ3) is 3.68. The highest BCUT2D eigenvalue weighted by Crippen LogP contribution is 2.25. The van der Waals surface area contributed by atoms with Crippen LogP contribution in [0, 0.1) is 6.92 Å². The van der Waals surface area contributed by atoms with Crippen LogP contribution in [0.3, 0.4) is 0 Å². The maximum absolute atomic E-state index is 13.4. The standard InChI is InChI=1S/C24H23N5O4/c1-12-5-4-6-17-18(12)23(31)29(22(28-17)24(32)33)16-8-14(10-25)7-15(9-16)11-27-19-13(2)21(30)20(19)26-3/h4-9,26-27H,2,10-11,25H2,1,3H3,(H,32,33)/p+1. The summed E-state index contributed by atoms with van der Waals surface area (Å²) in [6.45, 7) is 6.34. The first-order valence-corrected chi connectivity index (χ1v) is 10.3. The van der Waals surface area contributed by atoms with Gasteiger partial charge in [0.05, 0.1) is 28.8 Å². The van der Waals surface area contributed by atoms with Gasteiger partial charge < -0.3 is 21.5 Å². The van der Waals surface area contributed by atoms with E-state index in [9.17, 15) is 19.5 Å². The van der Waals surface area contributed by atoms with Crippen molar-refractivity contribution in [3.63, 3.8) is 0 Å². The summed E-state index contributed by atoms with van der Waals surface area (Å²) >= 11 is 0. The molecule has 0 amide bonds. The number of allylic oxidation sites excluding steroid dienone is 2. The third-order valence-corrected chi connectivity index (χ3v) is 5.65. The molecule has 1 aliphatic carbocycles. The summed E-state index contributed by atoms with van der Waals surface area (Å²) in [5.41, 5.74) is 8.02. The summed E-state index contributed by atoms with van der Waals surface area (Å²) in [6, 6.07) is 10.5. The van der Waals surface area contributed by atoms with Crippen molar-refractivity contribution in [3.8, 4) is 5.69 Å². The maximum atomic E-state index is 13.4. The van der Waals surface area contributed by atoms with Gasteiger partial charge in [0.15, 0.2) is 0 Å². The molecule has 2 aromatic carbocycles. The molecule has 0 saturated carbocycles. The van der Waals surface area contributed by atoms with Crippen molar-refractivity contribution in [3.05, 3.63) is 92.8 Å². The van der Waals surface area contributed by atoms with E-state index in [0.717, 1.165) is 15.7 Å². The van der Waals surface area contributed by atoms with E-state index in [2.05, 4.69) is 27.9 Å². The van der Waals surface area contributed by atoms with Crippen LogP contribution in [0.15, 0.2) is 64.7 Å². The smallest absolute Gasteiger partial charge is 0.372 e. The lowest BCUT2D eigenvalue weighted by Crippen LogP contribution is -2.47. The van der Waals surface area contributed by atoms with Gasteiger partial charge in [-0.05, 0) is 42.3 Å². The molecule has 3 aromatic rings. The Balaban J connectivity index is 1.85. The molecule has 4 rings (SSSR count). The highest BCUT2D eigenvalue weighted by atomic mass is 16.4. The maximum Gasteiger partial charge on any atom is 0.372 e. The van der Waals surface area contributed by atoms with Crippen molar-refractivity contribution in [1.82, 2.24) is 20.2 Å². The first-order valence-electron chi connectivity index (χ1n) is 10.3. The Morgan fingerprint density at radius 2 is 1.91 bits per heavy atom. The number of carboxylic acid groups (broad SMARTS) is 1. The molecule has 0 unspecified atom stereocenters. The Hall–Kier alpha value is -4.24. The number of Topliss-reactive ketones (excluding diaryl/α,β-unsaturated/α-hetero) is 1. The fourth-order valence-corrected chi connectivity index (χ4v) is 3.99. The Morgan fingerprint density at radius 1 is 1.18 bits per heavy atom. The largest absolute Gasteiger partial charge is 0.475 e. The van der Waals surface area contributed by atoms with Crippen LogP contribution in [0.5, 0.6) is 0 Å². The summed E-state index contributed by atoms with van der Waals surface area (Å²) in [5, 5.41) is 16.2. The van der Waals surface area contributed by atoms with E-state index in [0.29, 0.717) is 52.2 Å². The number of nitrogens with zero attached hydrogens (tertiary/aromatic N) is 2. The third-order valence-electron chi connectivity index (χ3n) is 5.65. The van der Waals surface area contributed by atoms with E-state index < -0.39 is 11.5 Å². The number of carbonyl (C=O) groups excluding carboxylic acids is 1. The quantitative estimate of drug-likeness (QED) is 0.393. The lowest BCUT2D eigenvalue weighted by molar-refractivity contribution is -0.386. The minimum atomic E-state index is -1.30. The molecule has 6 N–H and O–H groups in total. The molecule has 168 valence electrons. The highest BCUT2D eigenvalue weighted by Gasteiger charge is 2.31. The molecular weight excluding hydrogens is 422 g/mol. The summed E-state index contributed by atoms with van der Waals surface area (Å²) in [4.78, 5) is 41.6. The summed E-state index contributed by atoms with van der Waals surface area (Å²) in [6.07, 6.45) is 0. The lowest BCUT2D eigenvalue weighted by atomic mass is 9.93. The monoisotopic (exact) mass is 446 g/mol. The molecule has 0 aliphatic heterocycles. The Kier molecular flexibility index (Phi) is 5.57. The number of likely N-dealkylation sites (N-methyl/N-ethyl adjacent to an activating group) is 1. The van der Waals surface area contributed by atoms with E-state index in [1.165, 1.54) is 0 Å². The first kappa shape index (κ1) is 22.0. The fraction of sp³-hybridized carbons (Fsp3) is 0.167. The Morgan fingerprint density at radius 3 is 2.58 bits per heavy atom. The van der Waals surface area contributed by atoms with Crippen molar-refractivity contribution in [2.24, 2.45) is 0 Å². The molecular formula is C24H24N5O4+. The number of ketones is 1. The van der Waals surface area contributed by atoms with Gasteiger partial charge in [0.1, 0.15) is 5.70 Å². The Labute approximate surface area is 189 Å². The van der Waals surface area contributed by atoms with Gasteiger partial charge in [-0.25, -0.2) is 9.78 Å². The van der Waals surface area contributed by atoms with E-state index in [1.54, 1.807) is 44.3 Å². The van der Waals surface area contributed by atoms with Gasteiger partial charge in [-0.15, -0.1) is 0 Å². The number of hydrogen-bond donors (Lipinski definition) is 4. The molecule has 0 spiro atoms. The molecule has 1 heterocycles. The molecule has 0 radical (unpaired) electrons. The first-order chi connectivity index (χ1) is 15.8.